The molecule has 1 N–H and O–H groups in total. The van der Waals surface area contributed by atoms with E-state index < -0.39 is 23.6 Å². The van der Waals surface area contributed by atoms with Gasteiger partial charge in [-0.2, -0.15) is 13.2 Å². The minimum atomic E-state index is -4.51. The number of carbonyl (C=O) groups is 2. The third-order valence-electron chi connectivity index (χ3n) is 2.98. The van der Waals surface area contributed by atoms with Gasteiger partial charge in [0.15, 0.2) is 0 Å². The van der Waals surface area contributed by atoms with Crippen molar-refractivity contribution in [2.24, 2.45) is 0 Å². The van der Waals surface area contributed by atoms with Crippen LogP contribution in [0.15, 0.2) is 42.5 Å². The molecule has 0 aliphatic rings. The molecular weight excluding hydrogens is 337 g/mol. The zero-order valence-electron chi connectivity index (χ0n) is 13.4. The Morgan fingerprint density at radius 3 is 2.36 bits per heavy atom. The fraction of sp³-hybridized carbons (Fsp3) is 0.235. The zero-order valence-corrected chi connectivity index (χ0v) is 13.4. The first kappa shape index (κ1) is 18.4. The first-order chi connectivity index (χ1) is 11.7. The molecule has 2 aromatic rings. The van der Waals surface area contributed by atoms with E-state index in [4.69, 9.17) is 4.74 Å². The van der Waals surface area contributed by atoms with E-state index in [0.29, 0.717) is 0 Å². The molecule has 0 aliphatic heterocycles. The van der Waals surface area contributed by atoms with Crippen molar-refractivity contribution in [3.8, 4) is 0 Å². The number of halogens is 3. The summed E-state index contributed by atoms with van der Waals surface area (Å²) in [5.41, 5.74) is -1.09. The SMILES string of the molecule is CC(C)OC(=O)c1cccc(C(=O)Nc2cccc(C(F)(F)F)c2)n1. The van der Waals surface area contributed by atoms with Crippen molar-refractivity contribution in [2.45, 2.75) is 26.1 Å². The molecule has 1 amide bonds. The summed E-state index contributed by atoms with van der Waals surface area (Å²) in [6, 6.07) is 8.38. The Kier molecular flexibility index (Phi) is 5.41. The molecule has 25 heavy (non-hydrogen) atoms. The number of hydrogen-bond acceptors (Lipinski definition) is 4. The molecule has 0 atom stereocenters. The van der Waals surface area contributed by atoms with Gasteiger partial charge < -0.3 is 10.1 Å². The molecule has 8 heteroatoms. The minimum absolute atomic E-state index is 0.0308. The molecule has 0 bridgehead atoms. The van der Waals surface area contributed by atoms with Crippen molar-refractivity contribution in [3.05, 3.63) is 59.4 Å². The fourth-order valence-corrected chi connectivity index (χ4v) is 1.92. The minimum Gasteiger partial charge on any atom is -0.458 e. The van der Waals surface area contributed by atoms with Crippen LogP contribution in [0, 0.1) is 0 Å². The van der Waals surface area contributed by atoms with E-state index in [-0.39, 0.29) is 23.2 Å². The van der Waals surface area contributed by atoms with Gasteiger partial charge in [0.25, 0.3) is 5.91 Å². The third-order valence-corrected chi connectivity index (χ3v) is 2.98. The zero-order chi connectivity index (χ0) is 18.6. The van der Waals surface area contributed by atoms with E-state index in [1.54, 1.807) is 13.8 Å². The Labute approximate surface area is 141 Å². The van der Waals surface area contributed by atoms with E-state index in [2.05, 4.69) is 10.3 Å². The summed E-state index contributed by atoms with van der Waals surface area (Å²) in [5, 5.41) is 2.32. The van der Waals surface area contributed by atoms with Crippen LogP contribution in [0.1, 0.15) is 40.4 Å². The number of rotatable bonds is 4. The van der Waals surface area contributed by atoms with Crippen molar-refractivity contribution < 1.29 is 27.5 Å². The number of amides is 1. The summed E-state index contributed by atoms with van der Waals surface area (Å²) in [6.45, 7) is 3.34. The van der Waals surface area contributed by atoms with Crippen LogP contribution in [0.2, 0.25) is 0 Å². The van der Waals surface area contributed by atoms with Crippen molar-refractivity contribution in [2.75, 3.05) is 5.32 Å². The van der Waals surface area contributed by atoms with Gasteiger partial charge in [-0.3, -0.25) is 4.79 Å². The van der Waals surface area contributed by atoms with Crippen LogP contribution in [-0.4, -0.2) is 23.0 Å². The molecule has 0 radical (unpaired) electrons. The summed E-state index contributed by atoms with van der Waals surface area (Å²) in [6.07, 6.45) is -4.86. The summed E-state index contributed by atoms with van der Waals surface area (Å²) < 4.78 is 43.1. The number of benzene rings is 1. The summed E-state index contributed by atoms with van der Waals surface area (Å²) >= 11 is 0. The predicted octanol–water partition coefficient (Wildman–Crippen LogP) is 3.92. The highest BCUT2D eigenvalue weighted by Crippen LogP contribution is 2.30. The number of hydrogen-bond donors (Lipinski definition) is 1. The predicted molar refractivity (Wildman–Crippen MR) is 84.2 cm³/mol. The van der Waals surface area contributed by atoms with E-state index in [9.17, 15) is 22.8 Å². The highest BCUT2D eigenvalue weighted by Gasteiger charge is 2.30. The summed E-state index contributed by atoms with van der Waals surface area (Å²) in [7, 11) is 0. The molecule has 1 heterocycles. The van der Waals surface area contributed by atoms with Gasteiger partial charge in [-0.1, -0.05) is 12.1 Å². The Bertz CT molecular complexity index is 789. The Morgan fingerprint density at radius 2 is 1.72 bits per heavy atom. The smallest absolute Gasteiger partial charge is 0.416 e. The maximum atomic E-state index is 12.7. The normalized spacial score (nSPS) is 11.3. The lowest BCUT2D eigenvalue weighted by atomic mass is 10.2. The first-order valence-electron chi connectivity index (χ1n) is 7.33. The molecule has 0 saturated heterocycles. The highest BCUT2D eigenvalue weighted by molar-refractivity contribution is 6.03. The van der Waals surface area contributed by atoms with E-state index in [1.807, 2.05) is 0 Å². The van der Waals surface area contributed by atoms with Crippen LogP contribution < -0.4 is 5.32 Å². The Hall–Kier alpha value is -2.90. The molecule has 132 valence electrons. The molecule has 0 unspecified atom stereocenters. The van der Waals surface area contributed by atoms with Crippen LogP contribution in [0.25, 0.3) is 0 Å². The van der Waals surface area contributed by atoms with Crippen molar-refractivity contribution in [3.63, 3.8) is 0 Å². The third kappa shape index (κ3) is 5.03. The van der Waals surface area contributed by atoms with Crippen molar-refractivity contribution >= 4 is 17.6 Å². The number of nitrogens with one attached hydrogen (secondary N) is 1. The molecule has 1 aromatic carbocycles. The average molecular weight is 352 g/mol. The number of ether oxygens (including phenoxy) is 1. The lowest BCUT2D eigenvalue weighted by molar-refractivity contribution is -0.137. The lowest BCUT2D eigenvalue weighted by Gasteiger charge is -2.10. The molecular formula is C17H15F3N2O3. The standard InChI is InChI=1S/C17H15F3N2O3/c1-10(2)25-16(24)14-8-4-7-13(22-14)15(23)21-12-6-3-5-11(9-12)17(18,19)20/h3-10H,1-2H3,(H,21,23). The number of alkyl halides is 3. The fourth-order valence-electron chi connectivity index (χ4n) is 1.92. The van der Waals surface area contributed by atoms with Crippen LogP contribution in [-0.2, 0) is 10.9 Å². The van der Waals surface area contributed by atoms with Gasteiger partial charge in [-0.15, -0.1) is 0 Å². The summed E-state index contributed by atoms with van der Waals surface area (Å²) in [4.78, 5) is 27.9. The Balaban J connectivity index is 2.18. The molecule has 0 aliphatic carbocycles. The van der Waals surface area contributed by atoms with Gasteiger partial charge in [-0.05, 0) is 44.2 Å². The number of aromatic nitrogens is 1. The summed E-state index contributed by atoms with van der Waals surface area (Å²) in [5.74, 6) is -1.43. The van der Waals surface area contributed by atoms with Crippen LogP contribution in [0.4, 0.5) is 18.9 Å². The van der Waals surface area contributed by atoms with Gasteiger partial charge in [0.1, 0.15) is 11.4 Å². The number of carbonyl (C=O) groups excluding carboxylic acids is 2. The molecule has 5 nitrogen and oxygen atoms in total. The second-order valence-electron chi connectivity index (χ2n) is 5.39. The van der Waals surface area contributed by atoms with Crippen molar-refractivity contribution in [1.82, 2.24) is 4.98 Å². The van der Waals surface area contributed by atoms with E-state index in [1.165, 1.54) is 30.3 Å². The second-order valence-corrected chi connectivity index (χ2v) is 5.39. The molecule has 0 fully saturated rings. The van der Waals surface area contributed by atoms with Gasteiger partial charge in [0.2, 0.25) is 0 Å². The van der Waals surface area contributed by atoms with E-state index >= 15 is 0 Å². The van der Waals surface area contributed by atoms with Gasteiger partial charge in [-0.25, -0.2) is 9.78 Å². The van der Waals surface area contributed by atoms with Gasteiger partial charge in [0, 0.05) is 5.69 Å². The topological polar surface area (TPSA) is 68.3 Å². The van der Waals surface area contributed by atoms with Crippen LogP contribution in [0.3, 0.4) is 0 Å². The number of anilines is 1. The first-order valence-corrected chi connectivity index (χ1v) is 7.33. The van der Waals surface area contributed by atoms with Crippen LogP contribution in [0.5, 0.6) is 0 Å². The highest BCUT2D eigenvalue weighted by atomic mass is 19.4. The number of pyridine rings is 1. The second kappa shape index (κ2) is 7.33. The molecule has 1 aromatic heterocycles. The largest absolute Gasteiger partial charge is 0.458 e. The maximum Gasteiger partial charge on any atom is 0.416 e. The van der Waals surface area contributed by atoms with Crippen molar-refractivity contribution in [1.29, 1.82) is 0 Å². The van der Waals surface area contributed by atoms with E-state index in [0.717, 1.165) is 12.1 Å². The van der Waals surface area contributed by atoms with Crippen LogP contribution >= 0.6 is 0 Å². The quantitative estimate of drug-likeness (QED) is 0.847. The number of nitrogens with zero attached hydrogens (tertiary/aromatic N) is 1. The molecule has 0 spiro atoms. The lowest BCUT2D eigenvalue weighted by Crippen LogP contribution is -2.18. The molecule has 2 rings (SSSR count). The molecule has 0 saturated carbocycles. The maximum absolute atomic E-state index is 12.7. The average Bonchev–Trinajstić information content (AvgIpc) is 2.54. The van der Waals surface area contributed by atoms with Gasteiger partial charge in [0.05, 0.1) is 11.7 Å². The monoisotopic (exact) mass is 352 g/mol. The number of esters is 1. The Morgan fingerprint density at radius 1 is 1.08 bits per heavy atom. The van der Waals surface area contributed by atoms with Gasteiger partial charge >= 0.3 is 12.1 Å².